The van der Waals surface area contributed by atoms with E-state index in [2.05, 4.69) is 5.32 Å². The number of amides is 1. The molecule has 0 aromatic heterocycles. The summed E-state index contributed by atoms with van der Waals surface area (Å²) >= 11 is 0. The molecule has 0 aliphatic carbocycles. The number of aromatic hydroxyl groups is 1. The Bertz CT molecular complexity index is 414. The summed E-state index contributed by atoms with van der Waals surface area (Å²) in [5.74, 6) is -0.300. The Labute approximate surface area is 101 Å². The van der Waals surface area contributed by atoms with E-state index in [1.165, 1.54) is 7.11 Å². The van der Waals surface area contributed by atoms with Crippen LogP contribution < -0.4 is 11.1 Å². The molecule has 5 nitrogen and oxygen atoms in total. The third-order valence-corrected chi connectivity index (χ3v) is 2.49. The molecule has 1 aromatic rings. The highest BCUT2D eigenvalue weighted by atomic mass is 16.5. The largest absolute Gasteiger partial charge is 0.505 e. The van der Waals surface area contributed by atoms with Crippen molar-refractivity contribution in [1.82, 2.24) is 0 Å². The number of methoxy groups -OCH3 is 1. The van der Waals surface area contributed by atoms with E-state index < -0.39 is 6.10 Å². The van der Waals surface area contributed by atoms with Crippen LogP contribution in [0.5, 0.6) is 5.75 Å². The van der Waals surface area contributed by atoms with Gasteiger partial charge in [-0.15, -0.1) is 0 Å². The zero-order valence-corrected chi connectivity index (χ0v) is 10.3. The van der Waals surface area contributed by atoms with E-state index in [4.69, 9.17) is 10.5 Å². The van der Waals surface area contributed by atoms with E-state index in [9.17, 15) is 9.90 Å². The number of nitrogens with one attached hydrogen (secondary N) is 1. The molecule has 0 fully saturated rings. The van der Waals surface area contributed by atoms with Crippen molar-refractivity contribution in [1.29, 1.82) is 0 Å². The summed E-state index contributed by atoms with van der Waals surface area (Å²) in [6.45, 7) is 3.75. The van der Waals surface area contributed by atoms with Gasteiger partial charge in [-0.1, -0.05) is 6.07 Å². The Morgan fingerprint density at radius 3 is 2.71 bits per heavy atom. The molecule has 17 heavy (non-hydrogen) atoms. The van der Waals surface area contributed by atoms with Gasteiger partial charge in [-0.25, -0.2) is 0 Å². The lowest BCUT2D eigenvalue weighted by Gasteiger charge is -2.15. The van der Waals surface area contributed by atoms with Crippen molar-refractivity contribution in [2.75, 3.05) is 19.0 Å². The maximum Gasteiger partial charge on any atom is 0.254 e. The monoisotopic (exact) mass is 238 g/mol. The molecule has 1 rings (SSSR count). The topological polar surface area (TPSA) is 84.6 Å². The molecule has 0 aliphatic rings. The molecule has 0 saturated heterocycles. The van der Waals surface area contributed by atoms with Gasteiger partial charge >= 0.3 is 0 Å². The second-order valence-electron chi connectivity index (χ2n) is 3.93. The minimum Gasteiger partial charge on any atom is -0.505 e. The molecule has 1 aromatic carbocycles. The Hall–Kier alpha value is -1.59. The maximum absolute atomic E-state index is 11.7. The average molecular weight is 238 g/mol. The van der Waals surface area contributed by atoms with Crippen LogP contribution in [0.25, 0.3) is 0 Å². The van der Waals surface area contributed by atoms with Gasteiger partial charge < -0.3 is 20.9 Å². The first-order valence-corrected chi connectivity index (χ1v) is 5.33. The molecule has 0 heterocycles. The number of phenolic OH excluding ortho intramolecular Hbond substituents is 1. The number of rotatable bonds is 4. The number of carbonyl (C=O) groups is 1. The van der Waals surface area contributed by atoms with Crippen molar-refractivity contribution in [3.05, 3.63) is 23.3 Å². The molecule has 1 unspecified atom stereocenters. The number of aryl methyl sites for hydroxylation is 2. The normalized spacial score (nSPS) is 12.2. The van der Waals surface area contributed by atoms with Crippen LogP contribution in [0.4, 0.5) is 5.69 Å². The summed E-state index contributed by atoms with van der Waals surface area (Å²) < 4.78 is 4.92. The van der Waals surface area contributed by atoms with E-state index in [0.29, 0.717) is 11.3 Å². The molecular formula is C12H18N2O3. The van der Waals surface area contributed by atoms with Gasteiger partial charge in [0.1, 0.15) is 11.9 Å². The minimum atomic E-state index is -0.713. The number of nitrogens with two attached hydrogens (primary N) is 1. The van der Waals surface area contributed by atoms with E-state index in [-0.39, 0.29) is 18.2 Å². The third kappa shape index (κ3) is 3.18. The Balaban J connectivity index is 2.92. The van der Waals surface area contributed by atoms with Crippen LogP contribution >= 0.6 is 0 Å². The molecule has 0 radical (unpaired) electrons. The highest BCUT2D eigenvalue weighted by molar-refractivity contribution is 5.95. The Morgan fingerprint density at radius 1 is 1.53 bits per heavy atom. The van der Waals surface area contributed by atoms with Crippen molar-refractivity contribution < 1.29 is 14.6 Å². The summed E-state index contributed by atoms with van der Waals surface area (Å²) in [7, 11) is 1.42. The second-order valence-corrected chi connectivity index (χ2v) is 3.93. The predicted molar refractivity (Wildman–Crippen MR) is 66.1 cm³/mol. The van der Waals surface area contributed by atoms with E-state index in [1.54, 1.807) is 13.0 Å². The molecule has 0 spiro atoms. The third-order valence-electron chi connectivity index (χ3n) is 2.49. The van der Waals surface area contributed by atoms with Gasteiger partial charge in [0.15, 0.2) is 0 Å². The first kappa shape index (κ1) is 13.5. The van der Waals surface area contributed by atoms with Gasteiger partial charge in [0, 0.05) is 13.7 Å². The number of benzene rings is 1. The number of hydrogen-bond acceptors (Lipinski definition) is 4. The van der Waals surface area contributed by atoms with Crippen LogP contribution in [-0.2, 0) is 9.53 Å². The second kappa shape index (κ2) is 5.65. The van der Waals surface area contributed by atoms with E-state index in [1.807, 2.05) is 13.0 Å². The van der Waals surface area contributed by atoms with Gasteiger partial charge in [0.05, 0.1) is 5.69 Å². The van der Waals surface area contributed by atoms with Crippen LogP contribution in [0.2, 0.25) is 0 Å². The standard InChI is InChI=1S/C12H18N2O3/c1-7-4-8(2)11(15)9(5-7)14-12(16)10(6-13)17-3/h4-5,10,15H,6,13H2,1-3H3,(H,14,16). The smallest absolute Gasteiger partial charge is 0.254 e. The lowest BCUT2D eigenvalue weighted by atomic mass is 10.1. The van der Waals surface area contributed by atoms with Gasteiger partial charge in [-0.3, -0.25) is 4.79 Å². The number of carbonyl (C=O) groups excluding carboxylic acids is 1. The van der Waals surface area contributed by atoms with Crippen LogP contribution in [0.1, 0.15) is 11.1 Å². The van der Waals surface area contributed by atoms with Crippen LogP contribution in [-0.4, -0.2) is 30.8 Å². The molecule has 5 heteroatoms. The number of hydrogen-bond donors (Lipinski definition) is 3. The Kier molecular flexibility index (Phi) is 4.48. The summed E-state index contributed by atoms with van der Waals surface area (Å²) in [6, 6.07) is 3.53. The minimum absolute atomic E-state index is 0.0656. The number of anilines is 1. The fourth-order valence-electron chi connectivity index (χ4n) is 1.58. The quantitative estimate of drug-likeness (QED) is 0.681. The van der Waals surface area contributed by atoms with Crippen LogP contribution in [0.3, 0.4) is 0 Å². The summed E-state index contributed by atoms with van der Waals surface area (Å²) in [6.07, 6.45) is -0.713. The molecule has 0 saturated carbocycles. The lowest BCUT2D eigenvalue weighted by Crippen LogP contribution is -2.35. The molecule has 1 atom stereocenters. The van der Waals surface area contributed by atoms with Gasteiger partial charge in [-0.2, -0.15) is 0 Å². The molecule has 0 bridgehead atoms. The zero-order valence-electron chi connectivity index (χ0n) is 10.3. The number of ether oxygens (including phenoxy) is 1. The Morgan fingerprint density at radius 2 is 2.18 bits per heavy atom. The fraction of sp³-hybridized carbons (Fsp3) is 0.417. The molecule has 1 amide bonds. The van der Waals surface area contributed by atoms with E-state index >= 15 is 0 Å². The van der Waals surface area contributed by atoms with Gasteiger partial charge in [0.25, 0.3) is 5.91 Å². The lowest BCUT2D eigenvalue weighted by molar-refractivity contribution is -0.125. The molecule has 94 valence electrons. The highest BCUT2D eigenvalue weighted by Crippen LogP contribution is 2.28. The SMILES string of the molecule is COC(CN)C(=O)Nc1cc(C)cc(C)c1O. The van der Waals surface area contributed by atoms with Crippen molar-refractivity contribution in [3.8, 4) is 5.75 Å². The first-order valence-electron chi connectivity index (χ1n) is 5.33. The van der Waals surface area contributed by atoms with Gasteiger partial charge in [-0.05, 0) is 31.0 Å². The maximum atomic E-state index is 11.7. The van der Waals surface area contributed by atoms with Crippen molar-refractivity contribution in [2.45, 2.75) is 20.0 Å². The first-order chi connectivity index (χ1) is 7.99. The summed E-state index contributed by atoms with van der Waals surface area (Å²) in [5.41, 5.74) is 7.43. The van der Waals surface area contributed by atoms with E-state index in [0.717, 1.165) is 5.56 Å². The van der Waals surface area contributed by atoms with Crippen molar-refractivity contribution in [3.63, 3.8) is 0 Å². The average Bonchev–Trinajstić information content (AvgIpc) is 2.27. The van der Waals surface area contributed by atoms with Gasteiger partial charge in [0.2, 0.25) is 0 Å². The van der Waals surface area contributed by atoms with Crippen LogP contribution in [0.15, 0.2) is 12.1 Å². The predicted octanol–water partition coefficient (Wildman–Crippen LogP) is 0.921. The molecule has 4 N–H and O–H groups in total. The number of phenols is 1. The summed E-state index contributed by atoms with van der Waals surface area (Å²) in [5, 5.41) is 12.4. The molecular weight excluding hydrogens is 220 g/mol. The van der Waals surface area contributed by atoms with Crippen LogP contribution in [0, 0.1) is 13.8 Å². The van der Waals surface area contributed by atoms with Crippen molar-refractivity contribution in [2.24, 2.45) is 5.73 Å². The molecule has 0 aliphatic heterocycles. The fourth-order valence-corrected chi connectivity index (χ4v) is 1.58. The highest BCUT2D eigenvalue weighted by Gasteiger charge is 2.17. The van der Waals surface area contributed by atoms with Crippen molar-refractivity contribution >= 4 is 11.6 Å². The zero-order chi connectivity index (χ0) is 13.0. The summed E-state index contributed by atoms with van der Waals surface area (Å²) in [4.78, 5) is 11.7.